The maximum absolute atomic E-state index is 11.7. The Kier molecular flexibility index (Phi) is 6.22. The minimum atomic E-state index is -4.92. The van der Waals surface area contributed by atoms with Crippen LogP contribution in [0.5, 0.6) is 0 Å². The molecule has 0 rings (SSSR count). The standard InChI is InChI=1S/C8H8F6O6/c9-7(10,11)1-19-5(17)3(15)4(16)6(18)20-2-8(12,13)14/h3-4,15-16H,1-2H2/t3-,4-/m0/s1. The lowest BCUT2D eigenvalue weighted by Crippen LogP contribution is -2.43. The Hall–Kier alpha value is -1.56. The van der Waals surface area contributed by atoms with Gasteiger partial charge in [-0.1, -0.05) is 0 Å². The summed E-state index contributed by atoms with van der Waals surface area (Å²) in [6, 6.07) is 0. The van der Waals surface area contributed by atoms with Gasteiger partial charge in [0, 0.05) is 0 Å². The second-order valence-electron chi connectivity index (χ2n) is 3.34. The van der Waals surface area contributed by atoms with Crippen LogP contribution < -0.4 is 0 Å². The number of alkyl halides is 6. The number of esters is 2. The highest BCUT2D eigenvalue weighted by Crippen LogP contribution is 2.16. The van der Waals surface area contributed by atoms with Gasteiger partial charge >= 0.3 is 24.3 Å². The molecule has 0 unspecified atom stereocenters. The van der Waals surface area contributed by atoms with Crippen LogP contribution in [0.4, 0.5) is 26.3 Å². The predicted molar refractivity (Wildman–Crippen MR) is 46.0 cm³/mol. The van der Waals surface area contributed by atoms with E-state index in [1.54, 1.807) is 0 Å². The van der Waals surface area contributed by atoms with E-state index in [-0.39, 0.29) is 0 Å². The first-order valence-corrected chi connectivity index (χ1v) is 4.66. The molecule has 6 nitrogen and oxygen atoms in total. The van der Waals surface area contributed by atoms with Gasteiger partial charge in [-0.05, 0) is 0 Å². The van der Waals surface area contributed by atoms with E-state index in [9.17, 15) is 35.9 Å². The van der Waals surface area contributed by atoms with E-state index >= 15 is 0 Å². The summed E-state index contributed by atoms with van der Waals surface area (Å²) >= 11 is 0. The minimum absolute atomic E-state index is 2.04. The van der Waals surface area contributed by atoms with Crippen molar-refractivity contribution in [3.63, 3.8) is 0 Å². The van der Waals surface area contributed by atoms with Crippen LogP contribution in [0.1, 0.15) is 0 Å². The normalized spacial score (nSPS) is 15.4. The molecule has 2 atom stereocenters. The van der Waals surface area contributed by atoms with Gasteiger partial charge in [0.2, 0.25) is 0 Å². The van der Waals surface area contributed by atoms with Crippen LogP contribution in [0.25, 0.3) is 0 Å². The van der Waals surface area contributed by atoms with Gasteiger partial charge in [0.25, 0.3) is 0 Å². The van der Waals surface area contributed by atoms with Gasteiger partial charge in [-0.2, -0.15) is 26.3 Å². The third kappa shape index (κ3) is 7.78. The molecule has 118 valence electrons. The fourth-order valence-corrected chi connectivity index (χ4v) is 0.734. The van der Waals surface area contributed by atoms with E-state index in [1.807, 2.05) is 0 Å². The second-order valence-corrected chi connectivity index (χ2v) is 3.34. The number of halogens is 6. The summed E-state index contributed by atoms with van der Waals surface area (Å²) in [5.41, 5.74) is 0. The number of carbonyl (C=O) groups excluding carboxylic acids is 2. The predicted octanol–water partition coefficient (Wildman–Crippen LogP) is -0.0808. The molecule has 0 aliphatic rings. The maximum Gasteiger partial charge on any atom is 0.422 e. The van der Waals surface area contributed by atoms with Crippen molar-refractivity contribution in [2.45, 2.75) is 24.6 Å². The molecule has 0 aromatic rings. The van der Waals surface area contributed by atoms with Crippen LogP contribution in [0.15, 0.2) is 0 Å². The van der Waals surface area contributed by atoms with Gasteiger partial charge in [-0.3, -0.25) is 0 Å². The molecule has 12 heteroatoms. The number of hydrogen-bond donors (Lipinski definition) is 2. The first kappa shape index (κ1) is 18.4. The molecule has 0 bridgehead atoms. The molecule has 0 spiro atoms. The van der Waals surface area contributed by atoms with E-state index in [0.29, 0.717) is 0 Å². The zero-order valence-electron chi connectivity index (χ0n) is 9.36. The van der Waals surface area contributed by atoms with Crippen molar-refractivity contribution in [3.05, 3.63) is 0 Å². The quantitative estimate of drug-likeness (QED) is 0.545. The van der Waals surface area contributed by atoms with Gasteiger partial charge in [0.1, 0.15) is 0 Å². The average molecular weight is 314 g/mol. The Bertz CT molecular complexity index is 316. The van der Waals surface area contributed by atoms with Crippen LogP contribution in [0.2, 0.25) is 0 Å². The zero-order chi connectivity index (χ0) is 16.1. The number of carbonyl (C=O) groups is 2. The van der Waals surface area contributed by atoms with E-state index in [2.05, 4.69) is 9.47 Å². The first-order chi connectivity index (χ1) is 8.83. The lowest BCUT2D eigenvalue weighted by molar-refractivity contribution is -0.204. The molecule has 0 amide bonds. The van der Waals surface area contributed by atoms with Crippen molar-refractivity contribution in [2.75, 3.05) is 13.2 Å². The van der Waals surface area contributed by atoms with Gasteiger partial charge in [-0.25, -0.2) is 9.59 Å². The fraction of sp³-hybridized carbons (Fsp3) is 0.750. The fourth-order valence-electron chi connectivity index (χ4n) is 0.734. The van der Waals surface area contributed by atoms with Crippen molar-refractivity contribution in [1.82, 2.24) is 0 Å². The summed E-state index contributed by atoms with van der Waals surface area (Å²) in [5, 5.41) is 17.8. The molecule has 2 N–H and O–H groups in total. The Morgan fingerprint density at radius 2 is 1.05 bits per heavy atom. The van der Waals surface area contributed by atoms with Crippen LogP contribution in [0, 0.1) is 0 Å². The third-order valence-corrected chi connectivity index (χ3v) is 1.54. The summed E-state index contributed by atoms with van der Waals surface area (Å²) in [5.74, 6) is -4.09. The minimum Gasteiger partial charge on any atom is -0.454 e. The monoisotopic (exact) mass is 314 g/mol. The van der Waals surface area contributed by atoms with Crippen molar-refractivity contribution in [2.24, 2.45) is 0 Å². The highest BCUT2D eigenvalue weighted by Gasteiger charge is 2.38. The maximum atomic E-state index is 11.7. The van der Waals surface area contributed by atoms with Crippen LogP contribution in [-0.2, 0) is 19.1 Å². The van der Waals surface area contributed by atoms with E-state index < -0.39 is 49.7 Å². The zero-order valence-corrected chi connectivity index (χ0v) is 9.36. The number of rotatable bonds is 5. The number of hydrogen-bond acceptors (Lipinski definition) is 6. The van der Waals surface area contributed by atoms with Crippen molar-refractivity contribution < 1.29 is 55.6 Å². The van der Waals surface area contributed by atoms with E-state index in [0.717, 1.165) is 0 Å². The largest absolute Gasteiger partial charge is 0.454 e. The smallest absolute Gasteiger partial charge is 0.422 e. The van der Waals surface area contributed by atoms with Crippen LogP contribution in [0.3, 0.4) is 0 Å². The first-order valence-electron chi connectivity index (χ1n) is 4.66. The lowest BCUT2D eigenvalue weighted by Gasteiger charge is -2.16. The molecule has 0 heterocycles. The number of aliphatic hydroxyl groups is 2. The summed E-state index contributed by atoms with van der Waals surface area (Å²) in [7, 11) is 0. The van der Waals surface area contributed by atoms with Crippen molar-refractivity contribution in [1.29, 1.82) is 0 Å². The molecular formula is C8H8F6O6. The SMILES string of the molecule is O=C(OCC(F)(F)F)[C@@H](O)[C@H](O)C(=O)OCC(F)(F)F. The summed E-state index contributed by atoms with van der Waals surface area (Å²) in [4.78, 5) is 21.5. The average Bonchev–Trinajstić information content (AvgIpc) is 2.29. The van der Waals surface area contributed by atoms with Gasteiger partial charge in [0.15, 0.2) is 25.4 Å². The molecular weight excluding hydrogens is 306 g/mol. The van der Waals surface area contributed by atoms with Crippen LogP contribution in [-0.4, -0.2) is 59.9 Å². The molecule has 0 saturated heterocycles. The van der Waals surface area contributed by atoms with E-state index in [1.165, 1.54) is 0 Å². The molecule has 0 aromatic carbocycles. The second kappa shape index (κ2) is 6.74. The Labute approximate surface area is 106 Å². The molecule has 0 fully saturated rings. The summed E-state index contributed by atoms with van der Waals surface area (Å²) < 4.78 is 76.9. The molecule has 0 aliphatic carbocycles. The third-order valence-electron chi connectivity index (χ3n) is 1.54. The van der Waals surface area contributed by atoms with E-state index in [4.69, 9.17) is 10.2 Å². The molecule has 0 radical (unpaired) electrons. The molecule has 0 aliphatic heterocycles. The van der Waals surface area contributed by atoms with Crippen molar-refractivity contribution >= 4 is 11.9 Å². The highest BCUT2D eigenvalue weighted by molar-refractivity contribution is 5.85. The summed E-state index contributed by atoms with van der Waals surface area (Å²) in [6.45, 7) is -4.21. The lowest BCUT2D eigenvalue weighted by atomic mass is 10.2. The van der Waals surface area contributed by atoms with Crippen LogP contribution >= 0.6 is 0 Å². The molecule has 20 heavy (non-hydrogen) atoms. The highest BCUT2D eigenvalue weighted by atomic mass is 19.4. The summed E-state index contributed by atoms with van der Waals surface area (Å²) in [6.07, 6.45) is -15.5. The number of aliphatic hydroxyl groups excluding tert-OH is 2. The topological polar surface area (TPSA) is 93.1 Å². The Morgan fingerprint density at radius 3 is 1.25 bits per heavy atom. The van der Waals surface area contributed by atoms with Gasteiger partial charge < -0.3 is 19.7 Å². The molecule has 0 saturated carbocycles. The van der Waals surface area contributed by atoms with Crippen molar-refractivity contribution in [3.8, 4) is 0 Å². The Morgan fingerprint density at radius 1 is 0.800 bits per heavy atom. The molecule has 0 aromatic heterocycles. The van der Waals surface area contributed by atoms with Gasteiger partial charge in [-0.15, -0.1) is 0 Å². The Balaban J connectivity index is 4.35. The van der Waals surface area contributed by atoms with Gasteiger partial charge in [0.05, 0.1) is 0 Å². The number of ether oxygens (including phenoxy) is 2.